The molecule has 0 aromatic carbocycles. The second-order valence-electron chi connectivity index (χ2n) is 6.83. The third-order valence-corrected chi connectivity index (χ3v) is 6.20. The minimum absolute atomic E-state index is 0.102. The number of nitrogens with zero attached hydrogens (tertiary/aromatic N) is 1. The van der Waals surface area contributed by atoms with Gasteiger partial charge in [-0.05, 0) is 63.2 Å². The first-order valence-corrected chi connectivity index (χ1v) is 9.53. The summed E-state index contributed by atoms with van der Waals surface area (Å²) in [4.78, 5) is 28.5. The van der Waals surface area contributed by atoms with E-state index in [-0.39, 0.29) is 11.7 Å². The maximum Gasteiger partial charge on any atom is 0.223 e. The van der Waals surface area contributed by atoms with Gasteiger partial charge in [0.1, 0.15) is 0 Å². The van der Waals surface area contributed by atoms with Crippen molar-refractivity contribution in [2.75, 3.05) is 26.2 Å². The molecule has 126 valence electrons. The molecular formula is C18H26N2O2S. The van der Waals surface area contributed by atoms with Crippen LogP contribution < -0.4 is 5.32 Å². The number of nitrogens with one attached hydrogen (secondary N) is 1. The predicted molar refractivity (Wildman–Crippen MR) is 92.9 cm³/mol. The van der Waals surface area contributed by atoms with Gasteiger partial charge in [0.15, 0.2) is 5.78 Å². The van der Waals surface area contributed by atoms with Crippen LogP contribution in [-0.4, -0.2) is 42.8 Å². The van der Waals surface area contributed by atoms with Gasteiger partial charge in [0.25, 0.3) is 0 Å². The molecule has 3 heterocycles. The highest BCUT2D eigenvalue weighted by Gasteiger charge is 2.30. The zero-order valence-corrected chi connectivity index (χ0v) is 14.7. The second-order valence-corrected chi connectivity index (χ2v) is 8.12. The quantitative estimate of drug-likeness (QED) is 0.843. The number of carbonyl (C=O) groups is 2. The molecule has 0 radical (unpaired) electrons. The van der Waals surface area contributed by atoms with Gasteiger partial charge in [-0.15, -0.1) is 11.3 Å². The zero-order chi connectivity index (χ0) is 16.2. The van der Waals surface area contributed by atoms with E-state index in [4.69, 9.17) is 0 Å². The maximum atomic E-state index is 12.5. The molecule has 1 aromatic heterocycles. The third kappa shape index (κ3) is 4.21. The molecule has 2 saturated heterocycles. The van der Waals surface area contributed by atoms with Crippen LogP contribution in [0.4, 0.5) is 0 Å². The monoisotopic (exact) mass is 334 g/mol. The van der Waals surface area contributed by atoms with Crippen LogP contribution in [0.3, 0.4) is 0 Å². The lowest BCUT2D eigenvalue weighted by atomic mass is 9.85. The normalized spacial score (nSPS) is 24.8. The maximum absolute atomic E-state index is 12.5. The number of ketones is 1. The Morgan fingerprint density at radius 1 is 1.26 bits per heavy atom. The number of Topliss-reactive ketones (excluding diaryl/α,β-unsaturated/α-hetero) is 1. The molecule has 2 fully saturated rings. The molecule has 23 heavy (non-hydrogen) atoms. The minimum Gasteiger partial charge on any atom is -0.342 e. The molecular weight excluding hydrogens is 308 g/mol. The van der Waals surface area contributed by atoms with Gasteiger partial charge < -0.3 is 10.2 Å². The van der Waals surface area contributed by atoms with E-state index in [0.29, 0.717) is 18.8 Å². The van der Waals surface area contributed by atoms with E-state index >= 15 is 0 Å². The summed E-state index contributed by atoms with van der Waals surface area (Å²) in [5, 5.41) is 3.43. The molecule has 0 aliphatic carbocycles. The van der Waals surface area contributed by atoms with Gasteiger partial charge in [0.2, 0.25) is 5.91 Å². The first-order chi connectivity index (χ1) is 11.1. The molecule has 2 atom stereocenters. The Morgan fingerprint density at radius 2 is 2.13 bits per heavy atom. The lowest BCUT2D eigenvalue weighted by Crippen LogP contribution is -2.42. The topological polar surface area (TPSA) is 49.4 Å². The summed E-state index contributed by atoms with van der Waals surface area (Å²) in [5.74, 6) is 1.62. The van der Waals surface area contributed by atoms with Crippen LogP contribution in [0.15, 0.2) is 12.1 Å². The Bertz CT molecular complexity index is 563. The molecule has 5 heteroatoms. The molecule has 1 N–H and O–H groups in total. The van der Waals surface area contributed by atoms with E-state index < -0.39 is 0 Å². The van der Waals surface area contributed by atoms with Crippen LogP contribution in [-0.2, 0) is 4.79 Å². The summed E-state index contributed by atoms with van der Waals surface area (Å²) in [7, 11) is 0. The fraction of sp³-hybridized carbons (Fsp3) is 0.667. The molecule has 1 aromatic rings. The summed E-state index contributed by atoms with van der Waals surface area (Å²) < 4.78 is 0. The molecule has 0 spiro atoms. The van der Waals surface area contributed by atoms with Crippen molar-refractivity contribution in [1.29, 1.82) is 0 Å². The number of hydrogen-bond donors (Lipinski definition) is 1. The molecule has 2 aliphatic rings. The van der Waals surface area contributed by atoms with E-state index in [2.05, 4.69) is 5.32 Å². The molecule has 2 unspecified atom stereocenters. The Hall–Kier alpha value is -1.20. The van der Waals surface area contributed by atoms with Crippen molar-refractivity contribution in [1.82, 2.24) is 10.2 Å². The lowest BCUT2D eigenvalue weighted by Gasteiger charge is -2.35. The Balaban J connectivity index is 1.48. The van der Waals surface area contributed by atoms with Gasteiger partial charge in [-0.2, -0.15) is 0 Å². The number of aryl methyl sites for hydroxylation is 1. The summed E-state index contributed by atoms with van der Waals surface area (Å²) in [6.45, 7) is 5.96. The van der Waals surface area contributed by atoms with Gasteiger partial charge in [-0.25, -0.2) is 0 Å². The third-order valence-electron chi connectivity index (χ3n) is 5.16. The Kier molecular flexibility index (Phi) is 5.49. The van der Waals surface area contributed by atoms with Gasteiger partial charge in [-0.1, -0.05) is 0 Å². The standard InChI is InChI=1S/C18H26N2O2S/c1-13-4-6-17(23-13)16(21)5-7-18(22)20-10-2-3-15(12-20)14-8-9-19-11-14/h4,6,14-15,19H,2-3,5,7-12H2,1H3. The molecule has 1 amide bonds. The van der Waals surface area contributed by atoms with E-state index in [1.54, 1.807) is 0 Å². The zero-order valence-electron chi connectivity index (χ0n) is 13.8. The van der Waals surface area contributed by atoms with Crippen LogP contribution in [0.5, 0.6) is 0 Å². The van der Waals surface area contributed by atoms with Gasteiger partial charge in [0.05, 0.1) is 4.88 Å². The van der Waals surface area contributed by atoms with E-state index in [1.807, 2.05) is 24.0 Å². The summed E-state index contributed by atoms with van der Waals surface area (Å²) >= 11 is 1.52. The fourth-order valence-electron chi connectivity index (χ4n) is 3.79. The fourth-order valence-corrected chi connectivity index (χ4v) is 4.62. The molecule has 0 bridgehead atoms. The van der Waals surface area contributed by atoms with E-state index in [0.717, 1.165) is 48.3 Å². The first-order valence-electron chi connectivity index (χ1n) is 8.71. The number of carbonyl (C=O) groups excluding carboxylic acids is 2. The molecule has 3 rings (SSSR count). The summed E-state index contributed by atoms with van der Waals surface area (Å²) in [5.41, 5.74) is 0. The van der Waals surface area contributed by atoms with Crippen LogP contribution in [0.2, 0.25) is 0 Å². The minimum atomic E-state index is 0.102. The van der Waals surface area contributed by atoms with Crippen LogP contribution in [0.25, 0.3) is 0 Å². The van der Waals surface area contributed by atoms with Crippen LogP contribution in [0, 0.1) is 18.8 Å². The highest BCUT2D eigenvalue weighted by Crippen LogP contribution is 2.28. The smallest absolute Gasteiger partial charge is 0.223 e. The summed E-state index contributed by atoms with van der Waals surface area (Å²) in [6.07, 6.45) is 4.27. The number of likely N-dealkylation sites (tertiary alicyclic amines) is 1. The Morgan fingerprint density at radius 3 is 2.83 bits per heavy atom. The van der Waals surface area contributed by atoms with Crippen molar-refractivity contribution in [3.63, 3.8) is 0 Å². The van der Waals surface area contributed by atoms with Crippen molar-refractivity contribution in [2.45, 2.75) is 39.0 Å². The second kappa shape index (κ2) is 7.58. The number of thiophene rings is 1. The predicted octanol–water partition coefficient (Wildman–Crippen LogP) is 2.87. The first kappa shape index (κ1) is 16.7. The van der Waals surface area contributed by atoms with Crippen LogP contribution >= 0.6 is 11.3 Å². The summed E-state index contributed by atoms with van der Waals surface area (Å²) in [6, 6.07) is 3.83. The number of rotatable bonds is 5. The van der Waals surface area contributed by atoms with Crippen molar-refractivity contribution >= 4 is 23.0 Å². The van der Waals surface area contributed by atoms with E-state index in [9.17, 15) is 9.59 Å². The average Bonchev–Trinajstić information content (AvgIpc) is 3.24. The molecule has 4 nitrogen and oxygen atoms in total. The largest absolute Gasteiger partial charge is 0.342 e. The van der Waals surface area contributed by atoms with Gasteiger partial charge in [-0.3, -0.25) is 9.59 Å². The highest BCUT2D eigenvalue weighted by atomic mass is 32.1. The highest BCUT2D eigenvalue weighted by molar-refractivity contribution is 7.14. The average molecular weight is 334 g/mol. The number of piperidine rings is 1. The number of hydrogen-bond acceptors (Lipinski definition) is 4. The molecule has 2 aliphatic heterocycles. The van der Waals surface area contributed by atoms with Crippen molar-refractivity contribution in [3.8, 4) is 0 Å². The van der Waals surface area contributed by atoms with Crippen molar-refractivity contribution < 1.29 is 9.59 Å². The SMILES string of the molecule is Cc1ccc(C(=O)CCC(=O)N2CCCC(C3CCNC3)C2)s1. The molecule has 0 saturated carbocycles. The van der Waals surface area contributed by atoms with Gasteiger partial charge in [0, 0.05) is 30.8 Å². The van der Waals surface area contributed by atoms with Crippen molar-refractivity contribution in [3.05, 3.63) is 21.9 Å². The van der Waals surface area contributed by atoms with E-state index in [1.165, 1.54) is 24.2 Å². The lowest BCUT2D eigenvalue weighted by molar-refractivity contribution is -0.133. The number of amides is 1. The van der Waals surface area contributed by atoms with Gasteiger partial charge >= 0.3 is 0 Å². The van der Waals surface area contributed by atoms with Crippen LogP contribution in [0.1, 0.15) is 46.7 Å². The Labute approximate surface area is 142 Å². The van der Waals surface area contributed by atoms with Crippen molar-refractivity contribution in [2.24, 2.45) is 11.8 Å².